The van der Waals surface area contributed by atoms with Crippen molar-refractivity contribution in [3.63, 3.8) is 0 Å². The van der Waals surface area contributed by atoms with Crippen LogP contribution in [0.4, 0.5) is 0 Å². The van der Waals surface area contributed by atoms with Gasteiger partial charge in [-0.2, -0.15) is 0 Å². The Kier molecular flexibility index (Phi) is 8.17. The Labute approximate surface area is 227 Å². The van der Waals surface area contributed by atoms with E-state index in [4.69, 9.17) is 0 Å². The van der Waals surface area contributed by atoms with Gasteiger partial charge in [0.25, 0.3) is 0 Å². The van der Waals surface area contributed by atoms with E-state index in [0.29, 0.717) is 0 Å². The highest BCUT2D eigenvalue weighted by Crippen LogP contribution is 2.43. The van der Waals surface area contributed by atoms with Crippen LogP contribution in [0, 0.1) is 0 Å². The number of unbranched alkanes of at least 4 members (excludes halogenated alkanes) is 6. The third kappa shape index (κ3) is 4.97. The lowest BCUT2D eigenvalue weighted by molar-refractivity contribution is 0.105. The van der Waals surface area contributed by atoms with Gasteiger partial charge in [0, 0.05) is 22.3 Å². The van der Waals surface area contributed by atoms with E-state index >= 15 is 0 Å². The zero-order valence-electron chi connectivity index (χ0n) is 22.8. The van der Waals surface area contributed by atoms with Gasteiger partial charge in [0.15, 0.2) is 11.6 Å². The van der Waals surface area contributed by atoms with Crippen molar-refractivity contribution in [3.05, 3.63) is 106 Å². The molecule has 0 fully saturated rings. The summed E-state index contributed by atoms with van der Waals surface area (Å²) in [4.78, 5) is 27.1. The smallest absolute Gasteiger partial charge is 0.194 e. The lowest BCUT2D eigenvalue weighted by Crippen LogP contribution is -2.00. The summed E-state index contributed by atoms with van der Waals surface area (Å²) in [7, 11) is 0. The molecule has 0 N–H and O–H groups in total. The highest BCUT2D eigenvalue weighted by molar-refractivity contribution is 6.41. The summed E-state index contributed by atoms with van der Waals surface area (Å²) in [6.45, 7) is 4.45. The Morgan fingerprint density at radius 2 is 0.816 bits per heavy atom. The van der Waals surface area contributed by atoms with Crippen molar-refractivity contribution >= 4 is 33.9 Å². The molecule has 0 bridgehead atoms. The number of hydrogen-bond acceptors (Lipinski definition) is 2. The van der Waals surface area contributed by atoms with E-state index in [9.17, 15) is 9.59 Å². The van der Waals surface area contributed by atoms with Gasteiger partial charge in [-0.25, -0.2) is 0 Å². The van der Waals surface area contributed by atoms with Crippen LogP contribution in [-0.4, -0.2) is 11.6 Å². The third-order valence-corrected chi connectivity index (χ3v) is 8.07. The second kappa shape index (κ2) is 11.9. The maximum Gasteiger partial charge on any atom is 0.194 e. The molecule has 0 atom stereocenters. The SMILES string of the molecule is CCCCCCC1=C(c2ccc(C3=C(CCCCCC)c4ccccc4C3=O)cc2)C(=O)c2ccccc21. The summed E-state index contributed by atoms with van der Waals surface area (Å²) in [5.74, 6) is 0.248. The summed E-state index contributed by atoms with van der Waals surface area (Å²) in [6, 6.07) is 24.3. The number of Topliss-reactive ketones (excluding diaryl/α,β-unsaturated/α-hetero) is 2. The second-order valence-corrected chi connectivity index (χ2v) is 10.7. The molecule has 3 aromatic rings. The maximum atomic E-state index is 13.5. The average molecular weight is 503 g/mol. The van der Waals surface area contributed by atoms with Gasteiger partial charge in [-0.15, -0.1) is 0 Å². The normalized spacial score (nSPS) is 14.5. The molecule has 0 radical (unpaired) electrons. The molecule has 5 rings (SSSR count). The Morgan fingerprint density at radius 1 is 0.447 bits per heavy atom. The van der Waals surface area contributed by atoms with E-state index in [-0.39, 0.29) is 11.6 Å². The van der Waals surface area contributed by atoms with Gasteiger partial charge in [-0.1, -0.05) is 125 Å². The van der Waals surface area contributed by atoms with Crippen molar-refractivity contribution in [1.29, 1.82) is 0 Å². The second-order valence-electron chi connectivity index (χ2n) is 10.7. The van der Waals surface area contributed by atoms with Crippen LogP contribution >= 0.6 is 0 Å². The monoisotopic (exact) mass is 502 g/mol. The number of benzene rings is 3. The van der Waals surface area contributed by atoms with Crippen molar-refractivity contribution in [1.82, 2.24) is 0 Å². The van der Waals surface area contributed by atoms with E-state index in [0.717, 1.165) is 70.2 Å². The molecule has 38 heavy (non-hydrogen) atoms. The third-order valence-electron chi connectivity index (χ3n) is 8.07. The summed E-state index contributed by atoms with van der Waals surface area (Å²) < 4.78 is 0. The van der Waals surface area contributed by atoms with Gasteiger partial charge in [0.2, 0.25) is 0 Å². The molecule has 0 saturated carbocycles. The predicted octanol–water partition coefficient (Wildman–Crippen LogP) is 9.84. The zero-order valence-corrected chi connectivity index (χ0v) is 22.8. The first-order valence-electron chi connectivity index (χ1n) is 14.5. The van der Waals surface area contributed by atoms with Crippen molar-refractivity contribution in [3.8, 4) is 0 Å². The lowest BCUT2D eigenvalue weighted by Gasteiger charge is -2.11. The standard InChI is InChI=1S/C36H38O2/c1-3-5-7-9-17-29-27-15-11-13-19-31(27)35(37)33(29)25-21-23-26(24-22-25)34-30(18-10-8-6-4-2)28-16-12-14-20-32(28)36(34)38/h11-16,19-24H,3-10,17-18H2,1-2H3. The van der Waals surface area contributed by atoms with E-state index in [1.165, 1.54) is 49.7 Å². The van der Waals surface area contributed by atoms with E-state index < -0.39 is 0 Å². The van der Waals surface area contributed by atoms with Crippen LogP contribution in [0.25, 0.3) is 22.3 Å². The molecule has 0 amide bonds. The number of hydrogen-bond donors (Lipinski definition) is 0. The molecule has 0 aromatic heterocycles. The van der Waals surface area contributed by atoms with Crippen molar-refractivity contribution in [2.75, 3.05) is 0 Å². The summed E-state index contributed by atoms with van der Waals surface area (Å²) >= 11 is 0. The molecule has 2 nitrogen and oxygen atoms in total. The van der Waals surface area contributed by atoms with Crippen molar-refractivity contribution < 1.29 is 9.59 Å². The Hall–Kier alpha value is -3.52. The van der Waals surface area contributed by atoms with Gasteiger partial charge in [0.1, 0.15) is 0 Å². The molecular formula is C36H38O2. The van der Waals surface area contributed by atoms with Crippen molar-refractivity contribution in [2.24, 2.45) is 0 Å². The topological polar surface area (TPSA) is 34.1 Å². The van der Waals surface area contributed by atoms with Gasteiger partial charge < -0.3 is 0 Å². The fraction of sp³-hybridized carbons (Fsp3) is 0.333. The summed E-state index contributed by atoms with van der Waals surface area (Å²) in [5.41, 5.74) is 9.74. The predicted molar refractivity (Wildman–Crippen MR) is 159 cm³/mol. The van der Waals surface area contributed by atoms with Crippen LogP contribution in [0.3, 0.4) is 0 Å². The van der Waals surface area contributed by atoms with Crippen LogP contribution in [0.2, 0.25) is 0 Å². The quantitative estimate of drug-likeness (QED) is 0.231. The molecule has 3 aromatic carbocycles. The first kappa shape index (κ1) is 26.1. The molecular weight excluding hydrogens is 464 g/mol. The van der Waals surface area contributed by atoms with E-state index in [1.807, 2.05) is 36.4 Å². The minimum Gasteiger partial charge on any atom is -0.289 e. The largest absolute Gasteiger partial charge is 0.289 e. The van der Waals surface area contributed by atoms with Crippen molar-refractivity contribution in [2.45, 2.75) is 78.1 Å². The van der Waals surface area contributed by atoms with Crippen LogP contribution in [0.1, 0.15) is 121 Å². The Bertz CT molecular complexity index is 1290. The molecule has 2 aliphatic rings. The first-order valence-corrected chi connectivity index (χ1v) is 14.5. The van der Waals surface area contributed by atoms with Crippen LogP contribution in [0.5, 0.6) is 0 Å². The average Bonchev–Trinajstić information content (AvgIpc) is 3.40. The van der Waals surface area contributed by atoms with Crippen LogP contribution in [-0.2, 0) is 0 Å². The van der Waals surface area contributed by atoms with Gasteiger partial charge in [-0.05, 0) is 59.1 Å². The number of carbonyl (C=O) groups excluding carboxylic acids is 2. The molecule has 0 spiro atoms. The Morgan fingerprint density at radius 3 is 1.18 bits per heavy atom. The van der Waals surface area contributed by atoms with Gasteiger partial charge in [0.05, 0.1) is 0 Å². The van der Waals surface area contributed by atoms with Gasteiger partial charge in [-0.3, -0.25) is 9.59 Å². The van der Waals surface area contributed by atoms with Crippen LogP contribution < -0.4 is 0 Å². The number of rotatable bonds is 12. The van der Waals surface area contributed by atoms with Gasteiger partial charge >= 0.3 is 0 Å². The number of carbonyl (C=O) groups is 2. The molecule has 0 aliphatic heterocycles. The Balaban J connectivity index is 1.49. The molecule has 2 heteroatoms. The minimum atomic E-state index is 0.124. The first-order chi connectivity index (χ1) is 18.7. The summed E-state index contributed by atoms with van der Waals surface area (Å²) in [6.07, 6.45) is 11.2. The number of fused-ring (bicyclic) bond motifs is 2. The van der Waals surface area contributed by atoms with E-state index in [1.54, 1.807) is 0 Å². The zero-order chi connectivity index (χ0) is 26.5. The maximum absolute atomic E-state index is 13.5. The van der Waals surface area contributed by atoms with E-state index in [2.05, 4.69) is 50.2 Å². The number of ketones is 2. The molecule has 0 saturated heterocycles. The fourth-order valence-electron chi connectivity index (χ4n) is 6.09. The highest BCUT2D eigenvalue weighted by atomic mass is 16.1. The lowest BCUT2D eigenvalue weighted by atomic mass is 9.92. The van der Waals surface area contributed by atoms with Crippen LogP contribution in [0.15, 0.2) is 72.8 Å². The molecule has 2 aliphatic carbocycles. The molecule has 0 heterocycles. The molecule has 0 unspecified atom stereocenters. The fourth-order valence-corrected chi connectivity index (χ4v) is 6.09. The number of allylic oxidation sites excluding steroid dienone is 4. The highest BCUT2D eigenvalue weighted by Gasteiger charge is 2.32. The summed E-state index contributed by atoms with van der Waals surface area (Å²) in [5, 5.41) is 0. The molecule has 194 valence electrons. The minimum absolute atomic E-state index is 0.124.